The second kappa shape index (κ2) is 4.42. The molecule has 0 saturated heterocycles. The van der Waals surface area contributed by atoms with Gasteiger partial charge in [-0.05, 0) is 17.7 Å². The molecule has 15 heavy (non-hydrogen) atoms. The Labute approximate surface area is 88.6 Å². The normalized spacial score (nSPS) is 10.7. The lowest BCUT2D eigenvalue weighted by Crippen LogP contribution is -1.72. The Hall–Kier alpha value is -2.09. The SMILES string of the molecule is C=Cc1coc(C=Cc2ccccc2)n1. The van der Waals surface area contributed by atoms with Crippen LogP contribution < -0.4 is 0 Å². The molecule has 0 N–H and O–H groups in total. The molecule has 0 spiro atoms. The minimum Gasteiger partial charge on any atom is -0.444 e. The molecule has 2 aromatic rings. The lowest BCUT2D eigenvalue weighted by Gasteiger charge is -1.88. The smallest absolute Gasteiger partial charge is 0.219 e. The van der Waals surface area contributed by atoms with Crippen LogP contribution >= 0.6 is 0 Å². The first-order valence-electron chi connectivity index (χ1n) is 4.69. The molecule has 1 aromatic heterocycles. The van der Waals surface area contributed by atoms with E-state index < -0.39 is 0 Å². The highest BCUT2D eigenvalue weighted by Gasteiger charge is 1.95. The summed E-state index contributed by atoms with van der Waals surface area (Å²) in [7, 11) is 0. The van der Waals surface area contributed by atoms with E-state index in [1.54, 1.807) is 12.3 Å². The van der Waals surface area contributed by atoms with E-state index in [4.69, 9.17) is 4.42 Å². The van der Waals surface area contributed by atoms with Crippen molar-refractivity contribution < 1.29 is 4.42 Å². The average Bonchev–Trinajstić information content (AvgIpc) is 2.76. The Morgan fingerprint density at radius 2 is 1.93 bits per heavy atom. The van der Waals surface area contributed by atoms with Crippen LogP contribution in [0.25, 0.3) is 18.2 Å². The van der Waals surface area contributed by atoms with E-state index in [-0.39, 0.29) is 0 Å². The maximum absolute atomic E-state index is 5.21. The van der Waals surface area contributed by atoms with Gasteiger partial charge in [-0.15, -0.1) is 0 Å². The second-order valence-corrected chi connectivity index (χ2v) is 3.06. The number of hydrogen-bond acceptors (Lipinski definition) is 2. The van der Waals surface area contributed by atoms with E-state index in [1.807, 2.05) is 42.5 Å². The van der Waals surface area contributed by atoms with Gasteiger partial charge in [0.25, 0.3) is 0 Å². The zero-order valence-electron chi connectivity index (χ0n) is 8.26. The van der Waals surface area contributed by atoms with Gasteiger partial charge in [0.1, 0.15) is 12.0 Å². The number of benzene rings is 1. The van der Waals surface area contributed by atoms with Crippen molar-refractivity contribution in [2.24, 2.45) is 0 Å². The number of hydrogen-bond donors (Lipinski definition) is 0. The highest BCUT2D eigenvalue weighted by Crippen LogP contribution is 2.08. The molecule has 0 unspecified atom stereocenters. The topological polar surface area (TPSA) is 26.0 Å². The summed E-state index contributed by atoms with van der Waals surface area (Å²) in [6.45, 7) is 3.62. The Morgan fingerprint density at radius 1 is 1.13 bits per heavy atom. The molecule has 0 fully saturated rings. The molecule has 0 aliphatic carbocycles. The molecule has 0 bridgehead atoms. The summed E-state index contributed by atoms with van der Waals surface area (Å²) < 4.78 is 5.21. The van der Waals surface area contributed by atoms with Gasteiger partial charge >= 0.3 is 0 Å². The third-order valence-corrected chi connectivity index (χ3v) is 1.97. The quantitative estimate of drug-likeness (QED) is 0.752. The Kier molecular flexibility index (Phi) is 2.79. The molecule has 0 saturated carbocycles. The molecule has 0 radical (unpaired) electrons. The molecule has 1 aromatic carbocycles. The van der Waals surface area contributed by atoms with Gasteiger partial charge in [-0.3, -0.25) is 0 Å². The largest absolute Gasteiger partial charge is 0.444 e. The summed E-state index contributed by atoms with van der Waals surface area (Å²) in [5, 5.41) is 0. The van der Waals surface area contributed by atoms with Crippen LogP contribution in [0.2, 0.25) is 0 Å². The van der Waals surface area contributed by atoms with E-state index in [9.17, 15) is 0 Å². The van der Waals surface area contributed by atoms with E-state index in [0.29, 0.717) is 5.89 Å². The summed E-state index contributed by atoms with van der Waals surface area (Å²) in [6, 6.07) is 10.0. The molecular weight excluding hydrogens is 186 g/mol. The molecule has 0 aliphatic rings. The van der Waals surface area contributed by atoms with E-state index in [2.05, 4.69) is 11.6 Å². The van der Waals surface area contributed by atoms with Crippen LogP contribution in [0, 0.1) is 0 Å². The van der Waals surface area contributed by atoms with Gasteiger partial charge in [-0.25, -0.2) is 4.98 Å². The summed E-state index contributed by atoms with van der Waals surface area (Å²) in [6.07, 6.45) is 7.03. The predicted octanol–water partition coefficient (Wildman–Crippen LogP) is 3.49. The summed E-state index contributed by atoms with van der Waals surface area (Å²) in [4.78, 5) is 4.17. The third kappa shape index (κ3) is 2.44. The maximum atomic E-state index is 5.21. The highest BCUT2D eigenvalue weighted by molar-refractivity contribution is 5.66. The number of rotatable bonds is 3. The molecular formula is C13H11NO. The zero-order chi connectivity index (χ0) is 10.5. The Morgan fingerprint density at radius 3 is 2.60 bits per heavy atom. The molecule has 2 heteroatoms. The summed E-state index contributed by atoms with van der Waals surface area (Å²) in [5.74, 6) is 0.591. The van der Waals surface area contributed by atoms with Crippen LogP contribution in [0.3, 0.4) is 0 Å². The first-order chi connectivity index (χ1) is 7.38. The van der Waals surface area contributed by atoms with Gasteiger partial charge < -0.3 is 4.42 Å². The molecule has 2 nitrogen and oxygen atoms in total. The molecule has 0 aliphatic heterocycles. The van der Waals surface area contributed by atoms with E-state index >= 15 is 0 Å². The lowest BCUT2D eigenvalue weighted by atomic mass is 10.2. The average molecular weight is 197 g/mol. The van der Waals surface area contributed by atoms with Gasteiger partial charge in [-0.2, -0.15) is 0 Å². The van der Waals surface area contributed by atoms with Gasteiger partial charge in [0.05, 0.1) is 0 Å². The minimum absolute atomic E-state index is 0.591. The molecule has 0 amide bonds. The second-order valence-electron chi connectivity index (χ2n) is 3.06. The standard InChI is InChI=1S/C13H11NO/c1-2-12-10-15-13(14-12)9-8-11-6-4-3-5-7-11/h2-10H,1H2. The van der Waals surface area contributed by atoms with Crippen molar-refractivity contribution in [1.29, 1.82) is 0 Å². The summed E-state index contributed by atoms with van der Waals surface area (Å²) >= 11 is 0. The molecule has 1 heterocycles. The van der Waals surface area contributed by atoms with Gasteiger partial charge in [0, 0.05) is 6.08 Å². The van der Waals surface area contributed by atoms with Crippen LogP contribution in [0.15, 0.2) is 47.6 Å². The monoisotopic (exact) mass is 197 g/mol. The van der Waals surface area contributed by atoms with Gasteiger partial charge in [-0.1, -0.05) is 36.9 Å². The summed E-state index contributed by atoms with van der Waals surface area (Å²) in [5.41, 5.74) is 1.87. The van der Waals surface area contributed by atoms with Crippen LogP contribution in [0.5, 0.6) is 0 Å². The molecule has 74 valence electrons. The number of nitrogens with zero attached hydrogens (tertiary/aromatic N) is 1. The van der Waals surface area contributed by atoms with Crippen LogP contribution in [0.4, 0.5) is 0 Å². The lowest BCUT2D eigenvalue weighted by molar-refractivity contribution is 0.546. The number of aromatic nitrogens is 1. The first-order valence-corrected chi connectivity index (χ1v) is 4.69. The molecule has 2 rings (SSSR count). The fourth-order valence-corrected chi connectivity index (χ4v) is 1.20. The first kappa shape index (κ1) is 9.46. The van der Waals surface area contributed by atoms with Gasteiger partial charge in [0.2, 0.25) is 5.89 Å². The van der Waals surface area contributed by atoms with Crippen molar-refractivity contribution in [3.05, 3.63) is 60.3 Å². The fraction of sp³-hybridized carbons (Fsp3) is 0. The van der Waals surface area contributed by atoms with Crippen molar-refractivity contribution in [2.75, 3.05) is 0 Å². The van der Waals surface area contributed by atoms with Crippen molar-refractivity contribution in [2.45, 2.75) is 0 Å². The predicted molar refractivity (Wildman–Crippen MR) is 62.0 cm³/mol. The molecule has 0 atom stereocenters. The van der Waals surface area contributed by atoms with Crippen molar-refractivity contribution >= 4 is 18.2 Å². The Balaban J connectivity index is 2.15. The fourth-order valence-electron chi connectivity index (χ4n) is 1.20. The van der Waals surface area contributed by atoms with Crippen molar-refractivity contribution in [3.8, 4) is 0 Å². The minimum atomic E-state index is 0.591. The number of oxazole rings is 1. The van der Waals surface area contributed by atoms with E-state index in [0.717, 1.165) is 11.3 Å². The van der Waals surface area contributed by atoms with Crippen LogP contribution in [-0.4, -0.2) is 4.98 Å². The van der Waals surface area contributed by atoms with Crippen LogP contribution in [-0.2, 0) is 0 Å². The third-order valence-electron chi connectivity index (χ3n) is 1.97. The van der Waals surface area contributed by atoms with Crippen LogP contribution in [0.1, 0.15) is 17.1 Å². The Bertz CT molecular complexity index is 468. The maximum Gasteiger partial charge on any atom is 0.219 e. The van der Waals surface area contributed by atoms with E-state index in [1.165, 1.54) is 0 Å². The van der Waals surface area contributed by atoms with Crippen molar-refractivity contribution in [3.63, 3.8) is 0 Å². The zero-order valence-corrected chi connectivity index (χ0v) is 8.26. The van der Waals surface area contributed by atoms with Gasteiger partial charge in [0.15, 0.2) is 0 Å². The van der Waals surface area contributed by atoms with Crippen molar-refractivity contribution in [1.82, 2.24) is 4.98 Å². The highest BCUT2D eigenvalue weighted by atomic mass is 16.3.